The van der Waals surface area contributed by atoms with E-state index in [2.05, 4.69) is 15.2 Å². The Morgan fingerprint density at radius 1 is 1.17 bits per heavy atom. The number of piperidine rings is 1. The summed E-state index contributed by atoms with van der Waals surface area (Å²) in [4.78, 5) is 19.2. The van der Waals surface area contributed by atoms with E-state index >= 15 is 0 Å². The summed E-state index contributed by atoms with van der Waals surface area (Å²) in [6, 6.07) is 8.83. The van der Waals surface area contributed by atoms with E-state index in [4.69, 9.17) is 4.42 Å². The van der Waals surface area contributed by atoms with Crippen molar-refractivity contribution >= 4 is 23.0 Å². The van der Waals surface area contributed by atoms with Crippen LogP contribution in [0.1, 0.15) is 38.5 Å². The number of rotatable bonds is 3. The zero-order chi connectivity index (χ0) is 15.6. The molecule has 1 aromatic carbocycles. The predicted molar refractivity (Wildman–Crippen MR) is 89.3 cm³/mol. The molecule has 0 radical (unpaired) electrons. The molecule has 1 aliphatic carbocycles. The summed E-state index contributed by atoms with van der Waals surface area (Å²) in [5, 5.41) is 3.23. The Bertz CT molecular complexity index is 657. The molecule has 1 unspecified atom stereocenters. The molecule has 23 heavy (non-hydrogen) atoms. The van der Waals surface area contributed by atoms with Gasteiger partial charge in [-0.05, 0) is 37.8 Å². The largest absolute Gasteiger partial charge is 0.423 e. The van der Waals surface area contributed by atoms with Gasteiger partial charge in [0.05, 0.1) is 5.92 Å². The molecule has 2 heterocycles. The number of nitrogens with one attached hydrogen (secondary N) is 1. The van der Waals surface area contributed by atoms with Crippen LogP contribution in [0.3, 0.4) is 0 Å². The van der Waals surface area contributed by atoms with E-state index in [-0.39, 0.29) is 11.8 Å². The van der Waals surface area contributed by atoms with Crippen LogP contribution < -0.4 is 10.2 Å². The average molecular weight is 313 g/mol. The molecule has 5 nitrogen and oxygen atoms in total. The maximum atomic E-state index is 12.5. The normalized spacial score (nSPS) is 22.6. The fourth-order valence-corrected chi connectivity index (χ4v) is 3.75. The predicted octanol–water partition coefficient (Wildman–Crippen LogP) is 3.10. The lowest BCUT2D eigenvalue weighted by atomic mass is 9.97. The number of carbonyl (C=O) groups excluding carboxylic acids is 1. The highest BCUT2D eigenvalue weighted by atomic mass is 16.4. The smallest absolute Gasteiger partial charge is 0.298 e. The number of fused-ring (bicyclic) bond motifs is 1. The molecule has 1 aromatic heterocycles. The zero-order valence-electron chi connectivity index (χ0n) is 13.3. The fraction of sp³-hybridized carbons (Fsp3) is 0.556. The van der Waals surface area contributed by atoms with Crippen molar-refractivity contribution in [1.29, 1.82) is 0 Å². The quantitative estimate of drug-likeness (QED) is 0.946. The van der Waals surface area contributed by atoms with Gasteiger partial charge in [0.2, 0.25) is 5.91 Å². The third kappa shape index (κ3) is 3.05. The highest BCUT2D eigenvalue weighted by Crippen LogP contribution is 2.27. The van der Waals surface area contributed by atoms with Gasteiger partial charge in [0.25, 0.3) is 6.01 Å². The van der Waals surface area contributed by atoms with Crippen molar-refractivity contribution in [2.45, 2.75) is 44.6 Å². The van der Waals surface area contributed by atoms with Crippen molar-refractivity contribution in [3.8, 4) is 0 Å². The van der Waals surface area contributed by atoms with Crippen molar-refractivity contribution in [3.05, 3.63) is 24.3 Å². The van der Waals surface area contributed by atoms with Gasteiger partial charge in [-0.2, -0.15) is 4.98 Å². The van der Waals surface area contributed by atoms with Crippen molar-refractivity contribution < 1.29 is 9.21 Å². The first kappa shape index (κ1) is 14.5. The van der Waals surface area contributed by atoms with E-state index in [1.807, 2.05) is 24.3 Å². The Kier molecular flexibility index (Phi) is 3.93. The fourth-order valence-electron chi connectivity index (χ4n) is 3.75. The van der Waals surface area contributed by atoms with Gasteiger partial charge in [-0.15, -0.1) is 0 Å². The molecule has 2 aromatic rings. The molecule has 0 bridgehead atoms. The number of anilines is 1. The third-order valence-corrected chi connectivity index (χ3v) is 5.05. The van der Waals surface area contributed by atoms with E-state index in [0.717, 1.165) is 43.3 Å². The number of carbonyl (C=O) groups is 1. The number of para-hydroxylation sites is 2. The SMILES string of the molecule is O=C(NC1CCCC1)C1CCCN(c2nc3ccccc3o2)C1. The van der Waals surface area contributed by atoms with Crippen molar-refractivity contribution in [1.82, 2.24) is 10.3 Å². The van der Waals surface area contributed by atoms with Gasteiger partial charge in [-0.1, -0.05) is 25.0 Å². The standard InChI is InChI=1S/C18H23N3O2/c22-17(19-14-7-1-2-8-14)13-6-5-11-21(12-13)18-20-15-9-3-4-10-16(15)23-18/h3-4,9-10,13-14H,1-2,5-8,11-12H2,(H,19,22). The van der Waals surface area contributed by atoms with Crippen LogP contribution in [0.2, 0.25) is 0 Å². The topological polar surface area (TPSA) is 58.4 Å². The zero-order valence-corrected chi connectivity index (χ0v) is 13.3. The minimum absolute atomic E-state index is 0.0411. The van der Waals surface area contributed by atoms with Gasteiger partial charge in [-0.3, -0.25) is 4.79 Å². The minimum Gasteiger partial charge on any atom is -0.423 e. The van der Waals surface area contributed by atoms with Crippen molar-refractivity contribution in [2.24, 2.45) is 5.92 Å². The number of aromatic nitrogens is 1. The highest BCUT2D eigenvalue weighted by Gasteiger charge is 2.29. The summed E-state index contributed by atoms with van der Waals surface area (Å²) in [5.41, 5.74) is 1.68. The Labute approximate surface area is 136 Å². The lowest BCUT2D eigenvalue weighted by Crippen LogP contribution is -2.45. The first-order chi connectivity index (χ1) is 11.3. The number of hydrogen-bond donors (Lipinski definition) is 1. The van der Waals surface area contributed by atoms with Gasteiger partial charge in [0, 0.05) is 19.1 Å². The van der Waals surface area contributed by atoms with Gasteiger partial charge in [-0.25, -0.2) is 0 Å². The maximum Gasteiger partial charge on any atom is 0.298 e. The summed E-state index contributed by atoms with van der Waals surface area (Å²) in [5.74, 6) is 0.247. The van der Waals surface area contributed by atoms with Gasteiger partial charge in [0.1, 0.15) is 5.52 Å². The van der Waals surface area contributed by atoms with Crippen LogP contribution in [0, 0.1) is 5.92 Å². The molecular weight excluding hydrogens is 290 g/mol. The molecule has 1 aliphatic heterocycles. The number of amides is 1. The highest BCUT2D eigenvalue weighted by molar-refractivity contribution is 5.80. The van der Waals surface area contributed by atoms with E-state index in [0.29, 0.717) is 18.6 Å². The van der Waals surface area contributed by atoms with E-state index in [1.165, 1.54) is 12.8 Å². The lowest BCUT2D eigenvalue weighted by Gasteiger charge is -2.31. The summed E-state index contributed by atoms with van der Waals surface area (Å²) in [6.45, 7) is 1.60. The number of nitrogens with zero attached hydrogens (tertiary/aromatic N) is 2. The van der Waals surface area contributed by atoms with Crippen LogP contribution in [-0.4, -0.2) is 30.0 Å². The number of hydrogen-bond acceptors (Lipinski definition) is 4. The minimum atomic E-state index is 0.0411. The Hall–Kier alpha value is -2.04. The average Bonchev–Trinajstić information content (AvgIpc) is 3.24. The Morgan fingerprint density at radius 3 is 2.83 bits per heavy atom. The first-order valence-corrected chi connectivity index (χ1v) is 8.70. The van der Waals surface area contributed by atoms with Crippen LogP contribution in [0.25, 0.3) is 11.1 Å². The molecule has 1 atom stereocenters. The first-order valence-electron chi connectivity index (χ1n) is 8.70. The molecule has 122 valence electrons. The summed E-state index contributed by atoms with van der Waals surface area (Å²) in [6.07, 6.45) is 6.70. The molecule has 1 saturated carbocycles. The number of benzene rings is 1. The maximum absolute atomic E-state index is 12.5. The van der Waals surface area contributed by atoms with Crippen LogP contribution in [0.5, 0.6) is 0 Å². The summed E-state index contributed by atoms with van der Waals surface area (Å²) in [7, 11) is 0. The molecule has 0 spiro atoms. The van der Waals surface area contributed by atoms with Crippen LogP contribution in [-0.2, 0) is 4.79 Å². The number of oxazole rings is 1. The van der Waals surface area contributed by atoms with Crippen LogP contribution in [0.15, 0.2) is 28.7 Å². The second-order valence-electron chi connectivity index (χ2n) is 6.74. The lowest BCUT2D eigenvalue weighted by molar-refractivity contribution is -0.125. The van der Waals surface area contributed by atoms with Crippen LogP contribution >= 0.6 is 0 Å². The summed E-state index contributed by atoms with van der Waals surface area (Å²) < 4.78 is 5.85. The van der Waals surface area contributed by atoms with Crippen LogP contribution in [0.4, 0.5) is 6.01 Å². The van der Waals surface area contributed by atoms with E-state index < -0.39 is 0 Å². The monoisotopic (exact) mass is 313 g/mol. The molecular formula is C18H23N3O2. The second kappa shape index (κ2) is 6.22. The molecule has 1 N–H and O–H groups in total. The van der Waals surface area contributed by atoms with Crippen molar-refractivity contribution in [3.63, 3.8) is 0 Å². The molecule has 2 aliphatic rings. The van der Waals surface area contributed by atoms with Gasteiger partial charge < -0.3 is 14.6 Å². The molecule has 5 heteroatoms. The third-order valence-electron chi connectivity index (χ3n) is 5.05. The Morgan fingerprint density at radius 2 is 2.00 bits per heavy atom. The van der Waals surface area contributed by atoms with Gasteiger partial charge in [0.15, 0.2) is 5.58 Å². The molecule has 2 fully saturated rings. The Balaban J connectivity index is 1.44. The molecule has 1 saturated heterocycles. The second-order valence-corrected chi connectivity index (χ2v) is 6.74. The molecule has 1 amide bonds. The van der Waals surface area contributed by atoms with E-state index in [1.54, 1.807) is 0 Å². The van der Waals surface area contributed by atoms with Crippen molar-refractivity contribution in [2.75, 3.05) is 18.0 Å². The molecule has 4 rings (SSSR count). The van der Waals surface area contributed by atoms with E-state index in [9.17, 15) is 4.79 Å². The van der Waals surface area contributed by atoms with Gasteiger partial charge >= 0.3 is 0 Å². The summed E-state index contributed by atoms with van der Waals surface area (Å²) >= 11 is 0.